The Morgan fingerprint density at radius 1 is 0.676 bits per heavy atom. The lowest BCUT2D eigenvalue weighted by atomic mass is 9.97. The number of esters is 1. The van der Waals surface area contributed by atoms with Crippen molar-refractivity contribution in [1.82, 2.24) is 4.90 Å². The summed E-state index contributed by atoms with van der Waals surface area (Å²) >= 11 is 0. The van der Waals surface area contributed by atoms with E-state index in [4.69, 9.17) is 4.74 Å². The molecule has 5 nitrogen and oxygen atoms in total. The van der Waals surface area contributed by atoms with Crippen LogP contribution in [0.4, 0.5) is 0 Å². The van der Waals surface area contributed by atoms with Gasteiger partial charge in [0.1, 0.15) is 0 Å². The number of Topliss-reactive ketones (excluding diaryl/α,β-unsaturated/α-hetero) is 1. The molecule has 1 amide bonds. The standard InChI is InChI=1S/C32H27NO4/c1-37-32(36)31(27-20-12-5-13-21-27)33(30(35)22-29(34)26-18-10-4-11-19-26)23-28(24-14-6-2-7-15-24)25-16-8-3-9-17-25/h2-21,23,31H,22H2,1H3/t31-/m0/s1. The van der Waals surface area contributed by atoms with Gasteiger partial charge < -0.3 is 4.74 Å². The summed E-state index contributed by atoms with van der Waals surface area (Å²) in [6.07, 6.45) is 1.25. The summed E-state index contributed by atoms with van der Waals surface area (Å²) in [7, 11) is 1.29. The number of amides is 1. The molecule has 0 fully saturated rings. The molecule has 0 aliphatic carbocycles. The van der Waals surface area contributed by atoms with Crippen LogP contribution in [0.1, 0.15) is 39.5 Å². The maximum absolute atomic E-state index is 13.8. The number of carbonyl (C=O) groups excluding carboxylic acids is 3. The van der Waals surface area contributed by atoms with E-state index in [-0.39, 0.29) is 5.78 Å². The van der Waals surface area contributed by atoms with Crippen LogP contribution in [0.15, 0.2) is 128 Å². The third-order valence-electron chi connectivity index (χ3n) is 5.95. The Morgan fingerprint density at radius 3 is 1.57 bits per heavy atom. The lowest BCUT2D eigenvalue weighted by Crippen LogP contribution is -2.37. The van der Waals surface area contributed by atoms with E-state index >= 15 is 0 Å². The first-order valence-corrected chi connectivity index (χ1v) is 11.9. The molecule has 4 aromatic rings. The number of carbonyl (C=O) groups is 3. The molecule has 0 radical (unpaired) electrons. The van der Waals surface area contributed by atoms with Crippen molar-refractivity contribution in [3.05, 3.63) is 150 Å². The molecule has 0 aliphatic heterocycles. The van der Waals surface area contributed by atoms with Crippen LogP contribution in [-0.4, -0.2) is 29.7 Å². The first-order chi connectivity index (χ1) is 18.1. The third-order valence-corrected chi connectivity index (χ3v) is 5.95. The van der Waals surface area contributed by atoms with Crippen LogP contribution >= 0.6 is 0 Å². The number of hydrogen-bond acceptors (Lipinski definition) is 4. The molecule has 0 aromatic heterocycles. The highest BCUT2D eigenvalue weighted by Gasteiger charge is 2.33. The maximum atomic E-state index is 13.8. The molecule has 0 saturated carbocycles. The predicted molar refractivity (Wildman–Crippen MR) is 143 cm³/mol. The highest BCUT2D eigenvalue weighted by atomic mass is 16.5. The summed E-state index contributed by atoms with van der Waals surface area (Å²) in [4.78, 5) is 41.3. The average molecular weight is 490 g/mol. The number of methoxy groups -OCH3 is 1. The zero-order valence-corrected chi connectivity index (χ0v) is 20.5. The Morgan fingerprint density at radius 2 is 1.11 bits per heavy atom. The molecule has 4 rings (SSSR count). The van der Waals surface area contributed by atoms with Gasteiger partial charge in [-0.15, -0.1) is 0 Å². The van der Waals surface area contributed by atoms with Gasteiger partial charge in [-0.05, 0) is 16.7 Å². The van der Waals surface area contributed by atoms with E-state index < -0.39 is 24.3 Å². The molecule has 5 heteroatoms. The summed E-state index contributed by atoms with van der Waals surface area (Å²) in [6, 6.07) is 35.7. The second kappa shape index (κ2) is 12.3. The summed E-state index contributed by atoms with van der Waals surface area (Å²) in [6.45, 7) is 0. The molecule has 37 heavy (non-hydrogen) atoms. The van der Waals surface area contributed by atoms with E-state index in [1.54, 1.807) is 54.7 Å². The SMILES string of the molecule is COC(=O)[C@H](c1ccccc1)N(C=C(c1ccccc1)c1ccccc1)C(=O)CC(=O)c1ccccc1. The average Bonchev–Trinajstić information content (AvgIpc) is 2.96. The Kier molecular flexibility index (Phi) is 8.40. The van der Waals surface area contributed by atoms with Crippen molar-refractivity contribution < 1.29 is 19.1 Å². The Labute approximate surface area is 216 Å². The van der Waals surface area contributed by atoms with Crippen LogP contribution in [-0.2, 0) is 14.3 Å². The molecule has 0 saturated heterocycles. The van der Waals surface area contributed by atoms with E-state index in [0.717, 1.165) is 16.7 Å². The quantitative estimate of drug-likeness (QED) is 0.162. The lowest BCUT2D eigenvalue weighted by Gasteiger charge is -2.28. The van der Waals surface area contributed by atoms with Crippen LogP contribution in [0.2, 0.25) is 0 Å². The highest BCUT2D eigenvalue weighted by Crippen LogP contribution is 2.30. The van der Waals surface area contributed by atoms with Gasteiger partial charge in [0.2, 0.25) is 5.91 Å². The van der Waals surface area contributed by atoms with Crippen LogP contribution in [0.5, 0.6) is 0 Å². The minimum Gasteiger partial charge on any atom is -0.467 e. The van der Waals surface area contributed by atoms with Crippen LogP contribution in [0, 0.1) is 0 Å². The van der Waals surface area contributed by atoms with E-state index in [1.165, 1.54) is 12.0 Å². The van der Waals surface area contributed by atoms with E-state index in [0.29, 0.717) is 11.1 Å². The van der Waals surface area contributed by atoms with Crippen molar-refractivity contribution in [2.45, 2.75) is 12.5 Å². The molecule has 0 heterocycles. The van der Waals surface area contributed by atoms with E-state index in [1.807, 2.05) is 72.8 Å². The molecule has 0 N–H and O–H groups in total. The van der Waals surface area contributed by atoms with Gasteiger partial charge in [-0.25, -0.2) is 4.79 Å². The minimum absolute atomic E-state index is 0.332. The van der Waals surface area contributed by atoms with Crippen LogP contribution < -0.4 is 0 Å². The van der Waals surface area contributed by atoms with Gasteiger partial charge in [0.05, 0.1) is 13.5 Å². The van der Waals surface area contributed by atoms with Crippen molar-refractivity contribution in [2.24, 2.45) is 0 Å². The third kappa shape index (κ3) is 6.27. The number of nitrogens with zero attached hydrogens (tertiary/aromatic N) is 1. The molecule has 184 valence electrons. The highest BCUT2D eigenvalue weighted by molar-refractivity contribution is 6.08. The monoisotopic (exact) mass is 489 g/mol. The summed E-state index contributed by atoms with van der Waals surface area (Å²) < 4.78 is 5.13. The summed E-state index contributed by atoms with van der Waals surface area (Å²) in [5.41, 5.74) is 3.45. The topological polar surface area (TPSA) is 63.7 Å². The summed E-state index contributed by atoms with van der Waals surface area (Å²) in [5, 5.41) is 0. The molecule has 1 atom stereocenters. The number of hydrogen-bond donors (Lipinski definition) is 0. The van der Waals surface area contributed by atoms with Crippen molar-refractivity contribution in [1.29, 1.82) is 0 Å². The molecular weight excluding hydrogens is 462 g/mol. The molecule has 0 bridgehead atoms. The molecular formula is C32H27NO4. The van der Waals surface area contributed by atoms with Gasteiger partial charge in [-0.3, -0.25) is 14.5 Å². The summed E-state index contributed by atoms with van der Waals surface area (Å²) in [5.74, 6) is -1.46. The van der Waals surface area contributed by atoms with Crippen molar-refractivity contribution in [2.75, 3.05) is 7.11 Å². The first kappa shape index (κ1) is 25.3. The Bertz CT molecular complexity index is 1330. The minimum atomic E-state index is -1.08. The number of ether oxygens (including phenoxy) is 1. The lowest BCUT2D eigenvalue weighted by molar-refractivity contribution is -0.150. The molecule has 0 aliphatic rings. The normalized spacial score (nSPS) is 11.2. The fourth-order valence-corrected chi connectivity index (χ4v) is 4.09. The fourth-order valence-electron chi connectivity index (χ4n) is 4.09. The second-order valence-corrected chi connectivity index (χ2v) is 8.38. The van der Waals surface area contributed by atoms with Crippen molar-refractivity contribution >= 4 is 23.2 Å². The Balaban J connectivity index is 1.86. The van der Waals surface area contributed by atoms with Crippen molar-refractivity contribution in [3.63, 3.8) is 0 Å². The molecule has 0 spiro atoms. The van der Waals surface area contributed by atoms with Crippen molar-refractivity contribution in [3.8, 4) is 0 Å². The van der Waals surface area contributed by atoms with E-state index in [9.17, 15) is 14.4 Å². The smallest absolute Gasteiger partial charge is 0.333 e. The predicted octanol–water partition coefficient (Wildman–Crippen LogP) is 6.09. The van der Waals surface area contributed by atoms with Gasteiger partial charge in [0, 0.05) is 17.3 Å². The molecule has 4 aromatic carbocycles. The van der Waals surface area contributed by atoms with Gasteiger partial charge in [-0.1, -0.05) is 121 Å². The van der Waals surface area contributed by atoms with Crippen LogP contribution in [0.25, 0.3) is 5.57 Å². The van der Waals surface area contributed by atoms with Gasteiger partial charge in [0.25, 0.3) is 0 Å². The number of ketones is 1. The maximum Gasteiger partial charge on any atom is 0.333 e. The second-order valence-electron chi connectivity index (χ2n) is 8.38. The van der Waals surface area contributed by atoms with Gasteiger partial charge in [-0.2, -0.15) is 0 Å². The van der Waals surface area contributed by atoms with E-state index in [2.05, 4.69) is 0 Å². The number of rotatable bonds is 9. The first-order valence-electron chi connectivity index (χ1n) is 11.9. The van der Waals surface area contributed by atoms with Gasteiger partial charge >= 0.3 is 5.97 Å². The van der Waals surface area contributed by atoms with Gasteiger partial charge in [0.15, 0.2) is 11.8 Å². The largest absolute Gasteiger partial charge is 0.467 e. The van der Waals surface area contributed by atoms with Crippen LogP contribution in [0.3, 0.4) is 0 Å². The zero-order valence-electron chi connectivity index (χ0n) is 20.5. The number of benzene rings is 4. The zero-order chi connectivity index (χ0) is 26.0. The fraction of sp³-hybridized carbons (Fsp3) is 0.0938. The Hall–Kier alpha value is -4.77. The molecule has 0 unspecified atom stereocenters.